The van der Waals surface area contributed by atoms with Gasteiger partial charge in [0.1, 0.15) is 0 Å². The lowest BCUT2D eigenvalue weighted by atomic mass is 9.86. The van der Waals surface area contributed by atoms with Gasteiger partial charge in [-0.15, -0.1) is 0 Å². The van der Waals surface area contributed by atoms with Gasteiger partial charge in [0.05, 0.1) is 0 Å². The van der Waals surface area contributed by atoms with Gasteiger partial charge in [0.25, 0.3) is 0 Å². The van der Waals surface area contributed by atoms with Crippen molar-refractivity contribution in [2.24, 2.45) is 11.3 Å². The molecule has 2 aliphatic rings. The number of nitrogens with one attached hydrogen (secondary N) is 1. The minimum Gasteiger partial charge on any atom is -0.308 e. The van der Waals surface area contributed by atoms with Crippen LogP contribution in [0.5, 0.6) is 0 Å². The van der Waals surface area contributed by atoms with Crippen LogP contribution in [0.3, 0.4) is 0 Å². The standard InChI is InChI=1S/C19H30N2/c1-18(2,3)13-21-14-19(4,16-10-11-16)20-12-17(21)15-8-6-5-7-9-15/h5-9,16-17,20H,10-14H2,1-4H3. The molecule has 1 aliphatic heterocycles. The number of hydrogen-bond donors (Lipinski definition) is 1. The molecule has 21 heavy (non-hydrogen) atoms. The van der Waals surface area contributed by atoms with E-state index in [1.807, 2.05) is 0 Å². The van der Waals surface area contributed by atoms with Crippen molar-refractivity contribution in [2.45, 2.75) is 52.1 Å². The SMILES string of the molecule is CC(C)(C)CN1CC(C)(C2CC2)NCC1c1ccccc1. The molecule has 1 saturated heterocycles. The van der Waals surface area contributed by atoms with Gasteiger partial charge >= 0.3 is 0 Å². The molecule has 0 amide bonds. The molecule has 0 aromatic heterocycles. The second-order valence-corrected chi connectivity index (χ2v) is 8.46. The zero-order valence-electron chi connectivity index (χ0n) is 14.0. The fourth-order valence-corrected chi connectivity index (χ4v) is 3.82. The number of nitrogens with zero attached hydrogens (tertiary/aromatic N) is 1. The van der Waals surface area contributed by atoms with Crippen LogP contribution < -0.4 is 5.32 Å². The number of rotatable bonds is 3. The predicted molar refractivity (Wildman–Crippen MR) is 89.3 cm³/mol. The average Bonchev–Trinajstić information content (AvgIpc) is 3.22. The summed E-state index contributed by atoms with van der Waals surface area (Å²) in [5, 5.41) is 3.88. The van der Waals surface area contributed by atoms with Crippen molar-refractivity contribution < 1.29 is 0 Å². The second kappa shape index (κ2) is 5.40. The van der Waals surface area contributed by atoms with Crippen LogP contribution >= 0.6 is 0 Å². The van der Waals surface area contributed by atoms with Crippen LogP contribution in [0.25, 0.3) is 0 Å². The van der Waals surface area contributed by atoms with E-state index in [1.165, 1.54) is 24.9 Å². The van der Waals surface area contributed by atoms with Gasteiger partial charge in [-0.1, -0.05) is 51.1 Å². The van der Waals surface area contributed by atoms with Crippen LogP contribution in [0.4, 0.5) is 0 Å². The van der Waals surface area contributed by atoms with E-state index in [0.717, 1.165) is 19.0 Å². The number of hydrogen-bond acceptors (Lipinski definition) is 2. The molecule has 2 unspecified atom stereocenters. The lowest BCUT2D eigenvalue weighted by molar-refractivity contribution is 0.0476. The Hall–Kier alpha value is -0.860. The molecule has 2 nitrogen and oxygen atoms in total. The molecule has 2 fully saturated rings. The first-order chi connectivity index (χ1) is 9.87. The molecular formula is C19H30N2. The summed E-state index contributed by atoms with van der Waals surface area (Å²) in [4.78, 5) is 2.73. The first-order valence-electron chi connectivity index (χ1n) is 8.41. The molecule has 1 N–H and O–H groups in total. The molecule has 0 spiro atoms. The maximum absolute atomic E-state index is 3.88. The van der Waals surface area contributed by atoms with E-state index >= 15 is 0 Å². The maximum atomic E-state index is 3.88. The summed E-state index contributed by atoms with van der Waals surface area (Å²) >= 11 is 0. The highest BCUT2D eigenvalue weighted by molar-refractivity contribution is 5.21. The molecule has 1 saturated carbocycles. The fraction of sp³-hybridized carbons (Fsp3) is 0.684. The minimum atomic E-state index is 0.316. The van der Waals surface area contributed by atoms with Gasteiger partial charge in [0, 0.05) is 31.2 Å². The molecule has 2 heteroatoms. The zero-order chi connectivity index (χ0) is 15.1. The maximum Gasteiger partial charge on any atom is 0.0473 e. The van der Waals surface area contributed by atoms with Gasteiger partial charge < -0.3 is 5.32 Å². The summed E-state index contributed by atoms with van der Waals surface area (Å²) in [7, 11) is 0. The summed E-state index contributed by atoms with van der Waals surface area (Å²) in [5.74, 6) is 0.886. The molecule has 1 heterocycles. The highest BCUT2D eigenvalue weighted by Crippen LogP contribution is 2.43. The van der Waals surface area contributed by atoms with Crippen molar-refractivity contribution in [1.29, 1.82) is 0 Å². The summed E-state index contributed by atoms with van der Waals surface area (Å²) in [6.07, 6.45) is 2.81. The van der Waals surface area contributed by atoms with Crippen molar-refractivity contribution >= 4 is 0 Å². The van der Waals surface area contributed by atoms with Gasteiger partial charge in [-0.2, -0.15) is 0 Å². The third kappa shape index (κ3) is 3.49. The predicted octanol–water partition coefficient (Wildman–Crippen LogP) is 3.85. The van der Waals surface area contributed by atoms with Crippen LogP contribution in [0, 0.1) is 11.3 Å². The Balaban J connectivity index is 1.82. The molecule has 2 atom stereocenters. The number of piperazine rings is 1. The largest absolute Gasteiger partial charge is 0.308 e. The smallest absolute Gasteiger partial charge is 0.0473 e. The van der Waals surface area contributed by atoms with Crippen LogP contribution in [-0.2, 0) is 0 Å². The zero-order valence-corrected chi connectivity index (χ0v) is 14.0. The van der Waals surface area contributed by atoms with Gasteiger partial charge in [-0.25, -0.2) is 0 Å². The van der Waals surface area contributed by atoms with Crippen molar-refractivity contribution in [2.75, 3.05) is 19.6 Å². The number of benzene rings is 1. The van der Waals surface area contributed by atoms with E-state index in [1.54, 1.807) is 0 Å². The topological polar surface area (TPSA) is 15.3 Å². The quantitative estimate of drug-likeness (QED) is 0.908. The van der Waals surface area contributed by atoms with Crippen molar-refractivity contribution in [1.82, 2.24) is 10.2 Å². The van der Waals surface area contributed by atoms with E-state index in [-0.39, 0.29) is 0 Å². The summed E-state index contributed by atoms with van der Waals surface area (Å²) in [6.45, 7) is 12.9. The van der Waals surface area contributed by atoms with Crippen LogP contribution in [0.1, 0.15) is 52.1 Å². The van der Waals surface area contributed by atoms with Gasteiger partial charge in [0.2, 0.25) is 0 Å². The Labute approximate surface area is 129 Å². The molecule has 1 aliphatic carbocycles. The van der Waals surface area contributed by atoms with Crippen LogP contribution in [0.2, 0.25) is 0 Å². The van der Waals surface area contributed by atoms with Crippen LogP contribution in [0.15, 0.2) is 30.3 Å². The molecule has 116 valence electrons. The van der Waals surface area contributed by atoms with Crippen LogP contribution in [-0.4, -0.2) is 30.1 Å². The van der Waals surface area contributed by atoms with Gasteiger partial charge in [-0.3, -0.25) is 4.90 Å². The normalized spacial score (nSPS) is 31.3. The summed E-state index contributed by atoms with van der Waals surface area (Å²) < 4.78 is 0. The minimum absolute atomic E-state index is 0.316. The Morgan fingerprint density at radius 2 is 1.86 bits per heavy atom. The van der Waals surface area contributed by atoms with E-state index in [0.29, 0.717) is 17.0 Å². The molecule has 1 aromatic carbocycles. The third-order valence-electron chi connectivity index (χ3n) is 5.01. The van der Waals surface area contributed by atoms with Gasteiger partial charge in [0.15, 0.2) is 0 Å². The van der Waals surface area contributed by atoms with E-state index in [4.69, 9.17) is 0 Å². The molecular weight excluding hydrogens is 256 g/mol. The lowest BCUT2D eigenvalue weighted by Crippen LogP contribution is -2.61. The molecule has 1 aromatic rings. The third-order valence-corrected chi connectivity index (χ3v) is 5.01. The van der Waals surface area contributed by atoms with Gasteiger partial charge in [-0.05, 0) is 36.7 Å². The van der Waals surface area contributed by atoms with Crippen molar-refractivity contribution in [3.63, 3.8) is 0 Å². The lowest BCUT2D eigenvalue weighted by Gasteiger charge is -2.48. The first kappa shape index (κ1) is 15.1. The Morgan fingerprint density at radius 1 is 1.19 bits per heavy atom. The second-order valence-electron chi connectivity index (χ2n) is 8.46. The molecule has 0 radical (unpaired) electrons. The van der Waals surface area contributed by atoms with Crippen molar-refractivity contribution in [3.8, 4) is 0 Å². The first-order valence-corrected chi connectivity index (χ1v) is 8.41. The highest BCUT2D eigenvalue weighted by Gasteiger charge is 2.46. The fourth-order valence-electron chi connectivity index (χ4n) is 3.82. The highest BCUT2D eigenvalue weighted by atomic mass is 15.3. The summed E-state index contributed by atoms with van der Waals surface area (Å²) in [5.41, 5.74) is 2.11. The summed E-state index contributed by atoms with van der Waals surface area (Å²) in [6, 6.07) is 11.5. The average molecular weight is 286 g/mol. The van der Waals surface area contributed by atoms with E-state index in [2.05, 4.69) is 68.2 Å². The molecule has 0 bridgehead atoms. The Kier molecular flexibility index (Phi) is 3.87. The van der Waals surface area contributed by atoms with E-state index in [9.17, 15) is 0 Å². The molecule has 3 rings (SSSR count). The van der Waals surface area contributed by atoms with Crippen molar-refractivity contribution in [3.05, 3.63) is 35.9 Å². The monoisotopic (exact) mass is 286 g/mol. The Bertz CT molecular complexity index is 472. The Morgan fingerprint density at radius 3 is 2.43 bits per heavy atom. The van der Waals surface area contributed by atoms with E-state index < -0.39 is 0 Å².